The highest BCUT2D eigenvalue weighted by atomic mass is 16.2. The van der Waals surface area contributed by atoms with E-state index in [-0.39, 0.29) is 35.5 Å². The lowest BCUT2D eigenvalue weighted by molar-refractivity contribution is -0.140. The van der Waals surface area contributed by atoms with Crippen LogP contribution in [0.25, 0.3) is 0 Å². The number of amides is 2. The molecule has 1 fully saturated rings. The first kappa shape index (κ1) is 28.8. The third-order valence-corrected chi connectivity index (χ3v) is 8.54. The molecule has 3 aromatic rings. The van der Waals surface area contributed by atoms with Gasteiger partial charge in [-0.05, 0) is 80.8 Å². The van der Waals surface area contributed by atoms with Gasteiger partial charge < -0.3 is 4.90 Å². The van der Waals surface area contributed by atoms with Crippen LogP contribution in [0.4, 0.5) is 0 Å². The maximum absolute atomic E-state index is 13.9. The molecule has 0 N–H and O–H groups in total. The number of imide groups is 1. The number of hydrogen-bond donors (Lipinski definition) is 0. The second-order valence-electron chi connectivity index (χ2n) is 11.4. The van der Waals surface area contributed by atoms with Crippen LogP contribution in [0.1, 0.15) is 74.0 Å². The third-order valence-electron chi connectivity index (χ3n) is 8.54. The van der Waals surface area contributed by atoms with Crippen molar-refractivity contribution in [2.24, 2.45) is 11.8 Å². The maximum atomic E-state index is 13.9. The number of likely N-dealkylation sites (tertiary alicyclic amines) is 1. The van der Waals surface area contributed by atoms with E-state index in [1.807, 2.05) is 27.1 Å². The number of rotatable bonds is 13. The molecule has 1 aliphatic heterocycles. The summed E-state index contributed by atoms with van der Waals surface area (Å²) >= 11 is 0. The van der Waals surface area contributed by atoms with Crippen molar-refractivity contribution in [2.75, 3.05) is 27.2 Å². The van der Waals surface area contributed by atoms with E-state index in [1.165, 1.54) is 11.1 Å². The van der Waals surface area contributed by atoms with Gasteiger partial charge in [-0.1, -0.05) is 105 Å². The minimum Gasteiger partial charge on any atom is -0.309 e. The minimum absolute atomic E-state index is 0.00187. The summed E-state index contributed by atoms with van der Waals surface area (Å²) in [5.41, 5.74) is 3.82. The van der Waals surface area contributed by atoms with E-state index in [0.717, 1.165) is 37.8 Å². The topological polar surface area (TPSA) is 40.6 Å². The summed E-state index contributed by atoms with van der Waals surface area (Å²) in [4.78, 5) is 31.0. The molecule has 1 heterocycles. The van der Waals surface area contributed by atoms with Gasteiger partial charge >= 0.3 is 0 Å². The quantitative estimate of drug-likeness (QED) is 0.224. The molecule has 0 radical (unpaired) electrons. The largest absolute Gasteiger partial charge is 0.309 e. The van der Waals surface area contributed by atoms with Crippen LogP contribution in [0.15, 0.2) is 91.0 Å². The molecule has 0 aliphatic carbocycles. The highest BCUT2D eigenvalue weighted by molar-refractivity contribution is 6.05. The van der Waals surface area contributed by atoms with Crippen LogP contribution < -0.4 is 0 Å². The highest BCUT2D eigenvalue weighted by Gasteiger charge is 2.49. The van der Waals surface area contributed by atoms with E-state index in [1.54, 1.807) is 4.90 Å². The minimum atomic E-state index is -0.345. The lowest BCUT2D eigenvalue weighted by Gasteiger charge is -2.31. The molecule has 39 heavy (non-hydrogen) atoms. The van der Waals surface area contributed by atoms with Crippen LogP contribution in [0.3, 0.4) is 0 Å². The molecule has 2 amide bonds. The molecule has 206 valence electrons. The summed E-state index contributed by atoms with van der Waals surface area (Å²) in [5.74, 6) is -0.0290. The molecule has 0 saturated carbocycles. The average molecular weight is 525 g/mol. The molecule has 0 bridgehead atoms. The summed E-state index contributed by atoms with van der Waals surface area (Å²) in [6, 6.07) is 31.9. The Morgan fingerprint density at radius 1 is 0.718 bits per heavy atom. The Morgan fingerprint density at radius 2 is 1.23 bits per heavy atom. The summed E-state index contributed by atoms with van der Waals surface area (Å²) in [7, 11) is 4.04. The Labute approximate surface area is 235 Å². The molecule has 1 aliphatic rings. The fraction of sp³-hybridized carbons (Fsp3) is 0.429. The van der Waals surface area contributed by atoms with Crippen molar-refractivity contribution in [2.45, 2.75) is 57.3 Å². The first-order valence-electron chi connectivity index (χ1n) is 14.6. The molecule has 3 unspecified atom stereocenters. The Kier molecular flexibility index (Phi) is 10.1. The monoisotopic (exact) mass is 524 g/mol. The van der Waals surface area contributed by atoms with Gasteiger partial charge in [-0.25, -0.2) is 0 Å². The Hall–Kier alpha value is -3.24. The number of carbonyl (C=O) groups is 2. The molecule has 4 heteroatoms. The second kappa shape index (κ2) is 13.7. The molecule has 1 saturated heterocycles. The number of carbonyl (C=O) groups excluding carboxylic acids is 2. The smallest absolute Gasteiger partial charge is 0.233 e. The summed E-state index contributed by atoms with van der Waals surface area (Å²) in [5, 5.41) is 0. The fourth-order valence-corrected chi connectivity index (χ4v) is 6.39. The van der Waals surface area contributed by atoms with Gasteiger partial charge in [-0.15, -0.1) is 0 Å². The Bertz CT molecular complexity index is 1180. The molecular formula is C35H44N2O2. The summed E-state index contributed by atoms with van der Waals surface area (Å²) in [6.07, 6.45) is 3.68. The molecule has 0 spiro atoms. The average Bonchev–Trinajstić information content (AvgIpc) is 3.17. The van der Waals surface area contributed by atoms with E-state index in [2.05, 4.69) is 96.8 Å². The Balaban J connectivity index is 1.67. The fourth-order valence-electron chi connectivity index (χ4n) is 6.39. The van der Waals surface area contributed by atoms with Gasteiger partial charge in [0.1, 0.15) is 0 Å². The predicted molar refractivity (Wildman–Crippen MR) is 160 cm³/mol. The SMILES string of the molecule is CC[C@H](C[C@H](CC(c1ccccc1)C1C(=O)N(CCCN(C)C)C(=O)C1C)c1ccccc1)c1ccccc1. The zero-order valence-electron chi connectivity index (χ0n) is 24.0. The standard InChI is InChI=1S/C35H44N2O2/c1-5-27(28-16-9-6-10-17-28)24-31(29-18-11-7-12-19-29)25-32(30-20-13-8-14-21-30)33-26(2)34(38)37(35(33)39)23-15-22-36(3)4/h6-14,16-21,26-27,31-33H,5,15,22-25H2,1-4H3/t26?,27-,31-,32?,33?/m1/s1. The van der Waals surface area contributed by atoms with Crippen molar-refractivity contribution in [1.29, 1.82) is 0 Å². The van der Waals surface area contributed by atoms with E-state index >= 15 is 0 Å². The van der Waals surface area contributed by atoms with E-state index in [0.29, 0.717) is 12.5 Å². The first-order valence-corrected chi connectivity index (χ1v) is 14.6. The summed E-state index contributed by atoms with van der Waals surface area (Å²) < 4.78 is 0. The molecule has 0 aromatic heterocycles. The Morgan fingerprint density at radius 3 is 1.74 bits per heavy atom. The van der Waals surface area contributed by atoms with Gasteiger partial charge in [-0.3, -0.25) is 14.5 Å². The van der Waals surface area contributed by atoms with Crippen LogP contribution in [0.5, 0.6) is 0 Å². The molecule has 4 nitrogen and oxygen atoms in total. The van der Waals surface area contributed by atoms with Crippen molar-refractivity contribution < 1.29 is 9.59 Å². The summed E-state index contributed by atoms with van der Waals surface area (Å²) in [6.45, 7) is 5.57. The highest BCUT2D eigenvalue weighted by Crippen LogP contribution is 2.45. The van der Waals surface area contributed by atoms with Crippen LogP contribution in [0, 0.1) is 11.8 Å². The van der Waals surface area contributed by atoms with E-state index in [9.17, 15) is 9.59 Å². The molecule has 5 atom stereocenters. The van der Waals surface area contributed by atoms with Gasteiger partial charge in [0.25, 0.3) is 0 Å². The lowest BCUT2D eigenvalue weighted by Crippen LogP contribution is -2.34. The van der Waals surface area contributed by atoms with Gasteiger partial charge in [-0.2, -0.15) is 0 Å². The van der Waals surface area contributed by atoms with E-state index in [4.69, 9.17) is 0 Å². The van der Waals surface area contributed by atoms with Crippen molar-refractivity contribution in [1.82, 2.24) is 9.80 Å². The van der Waals surface area contributed by atoms with E-state index < -0.39 is 0 Å². The normalized spacial score (nSPS) is 19.9. The van der Waals surface area contributed by atoms with Crippen LogP contribution in [-0.4, -0.2) is 48.8 Å². The molecule has 4 rings (SSSR count). The zero-order chi connectivity index (χ0) is 27.8. The van der Waals surface area contributed by atoms with Crippen molar-refractivity contribution >= 4 is 11.8 Å². The lowest BCUT2D eigenvalue weighted by atomic mass is 9.71. The van der Waals surface area contributed by atoms with Crippen molar-refractivity contribution in [3.05, 3.63) is 108 Å². The third kappa shape index (κ3) is 7.05. The van der Waals surface area contributed by atoms with Gasteiger partial charge in [0, 0.05) is 12.5 Å². The van der Waals surface area contributed by atoms with Crippen LogP contribution in [-0.2, 0) is 9.59 Å². The van der Waals surface area contributed by atoms with Gasteiger partial charge in [0.15, 0.2) is 0 Å². The van der Waals surface area contributed by atoms with Crippen LogP contribution >= 0.6 is 0 Å². The molecular weight excluding hydrogens is 480 g/mol. The zero-order valence-corrected chi connectivity index (χ0v) is 24.0. The van der Waals surface area contributed by atoms with Crippen molar-refractivity contribution in [3.63, 3.8) is 0 Å². The van der Waals surface area contributed by atoms with Crippen LogP contribution in [0.2, 0.25) is 0 Å². The maximum Gasteiger partial charge on any atom is 0.233 e. The number of benzene rings is 3. The van der Waals surface area contributed by atoms with Gasteiger partial charge in [0.2, 0.25) is 11.8 Å². The predicted octanol–water partition coefficient (Wildman–Crippen LogP) is 7.10. The number of hydrogen-bond acceptors (Lipinski definition) is 3. The second-order valence-corrected chi connectivity index (χ2v) is 11.4. The van der Waals surface area contributed by atoms with Crippen molar-refractivity contribution in [3.8, 4) is 0 Å². The first-order chi connectivity index (χ1) is 18.9. The number of nitrogens with zero attached hydrogens (tertiary/aromatic N) is 2. The molecule has 3 aromatic carbocycles. The van der Waals surface area contributed by atoms with Gasteiger partial charge in [0.05, 0.1) is 5.92 Å².